The van der Waals surface area contributed by atoms with Gasteiger partial charge in [-0.15, -0.1) is 10.2 Å². The van der Waals surface area contributed by atoms with Gasteiger partial charge < -0.3 is 10.5 Å². The summed E-state index contributed by atoms with van der Waals surface area (Å²) in [6.45, 7) is 5.91. The fraction of sp³-hybridized carbons (Fsp3) is 0.500. The van der Waals surface area contributed by atoms with Gasteiger partial charge in [0.25, 0.3) is 0 Å². The molecule has 5 heteroatoms. The van der Waals surface area contributed by atoms with Gasteiger partial charge in [-0.1, -0.05) is 0 Å². The van der Waals surface area contributed by atoms with Gasteiger partial charge in [-0.2, -0.15) is 0 Å². The number of methoxy groups -OCH3 is 1. The minimum atomic E-state index is -0.217. The average Bonchev–Trinajstić information content (AvgIpc) is 2.15. The number of amidine groups is 1. The third-order valence-corrected chi connectivity index (χ3v) is 1.57. The molecule has 0 spiro atoms. The molecule has 0 fully saturated rings. The molecule has 1 aromatic heterocycles. The summed E-state index contributed by atoms with van der Waals surface area (Å²) in [5, 5.41) is 7.72. The Balaban J connectivity index is 2.92. The predicted molar refractivity (Wildman–Crippen MR) is 59.1 cm³/mol. The highest BCUT2D eigenvalue weighted by molar-refractivity contribution is 5.95. The number of nitrogens with zero attached hydrogens (tertiary/aromatic N) is 3. The lowest BCUT2D eigenvalue weighted by molar-refractivity contribution is 0.392. The molecular weight excluding hydrogens is 192 g/mol. The largest absolute Gasteiger partial charge is 0.480 e. The first-order valence-electron chi connectivity index (χ1n) is 4.66. The smallest absolute Gasteiger partial charge is 0.233 e. The molecule has 0 aliphatic heterocycles. The van der Waals surface area contributed by atoms with Crippen LogP contribution in [-0.2, 0) is 0 Å². The van der Waals surface area contributed by atoms with E-state index in [2.05, 4.69) is 15.2 Å². The third kappa shape index (κ3) is 3.53. The Morgan fingerprint density at radius 3 is 2.40 bits per heavy atom. The zero-order valence-corrected chi connectivity index (χ0v) is 9.48. The minimum Gasteiger partial charge on any atom is -0.480 e. The summed E-state index contributed by atoms with van der Waals surface area (Å²) in [7, 11) is 1.54. The van der Waals surface area contributed by atoms with Gasteiger partial charge in [-0.3, -0.25) is 4.99 Å². The zero-order chi connectivity index (χ0) is 11.5. The molecule has 5 nitrogen and oxygen atoms in total. The fourth-order valence-electron chi connectivity index (χ4n) is 0.984. The maximum absolute atomic E-state index is 5.78. The van der Waals surface area contributed by atoms with Gasteiger partial charge >= 0.3 is 0 Å². The van der Waals surface area contributed by atoms with Gasteiger partial charge in [0.1, 0.15) is 11.5 Å². The quantitative estimate of drug-likeness (QED) is 0.581. The van der Waals surface area contributed by atoms with Gasteiger partial charge in [-0.05, 0) is 26.8 Å². The minimum absolute atomic E-state index is 0.217. The zero-order valence-electron chi connectivity index (χ0n) is 9.48. The lowest BCUT2D eigenvalue weighted by Gasteiger charge is -2.12. The van der Waals surface area contributed by atoms with E-state index in [-0.39, 0.29) is 5.54 Å². The first-order valence-corrected chi connectivity index (χ1v) is 4.66. The number of hydrogen-bond donors (Lipinski definition) is 1. The van der Waals surface area contributed by atoms with E-state index in [0.29, 0.717) is 17.4 Å². The van der Waals surface area contributed by atoms with Crippen LogP contribution in [0.5, 0.6) is 5.88 Å². The Bertz CT molecular complexity index is 351. The molecule has 1 aromatic rings. The van der Waals surface area contributed by atoms with Gasteiger partial charge in [-0.25, -0.2) is 0 Å². The third-order valence-electron chi connectivity index (χ3n) is 1.57. The van der Waals surface area contributed by atoms with Crippen molar-refractivity contribution in [2.24, 2.45) is 10.7 Å². The summed E-state index contributed by atoms with van der Waals surface area (Å²) in [5.74, 6) is 0.847. The number of rotatable bonds is 2. The SMILES string of the molecule is COc1ccc(C(N)=NC(C)(C)C)nn1. The van der Waals surface area contributed by atoms with E-state index in [1.54, 1.807) is 12.1 Å². The summed E-state index contributed by atoms with van der Waals surface area (Å²) in [4.78, 5) is 4.29. The Labute approximate surface area is 89.4 Å². The molecule has 0 bridgehead atoms. The number of ether oxygens (including phenoxy) is 1. The molecule has 82 valence electrons. The van der Waals surface area contributed by atoms with Crippen molar-refractivity contribution >= 4 is 5.84 Å². The molecule has 1 rings (SSSR count). The number of aromatic nitrogens is 2. The molecule has 0 unspecified atom stereocenters. The monoisotopic (exact) mass is 208 g/mol. The van der Waals surface area contributed by atoms with Crippen LogP contribution in [0.3, 0.4) is 0 Å². The van der Waals surface area contributed by atoms with Crippen LogP contribution < -0.4 is 10.5 Å². The summed E-state index contributed by atoms with van der Waals surface area (Å²) in [5.41, 5.74) is 6.12. The highest BCUT2D eigenvalue weighted by Crippen LogP contribution is 2.09. The van der Waals surface area contributed by atoms with Crippen LogP contribution in [0, 0.1) is 0 Å². The van der Waals surface area contributed by atoms with Crippen LogP contribution in [0.15, 0.2) is 17.1 Å². The molecule has 0 aliphatic carbocycles. The number of aliphatic imine (C=N–C) groups is 1. The van der Waals surface area contributed by atoms with Crippen LogP contribution in [-0.4, -0.2) is 28.7 Å². The lowest BCUT2D eigenvalue weighted by atomic mass is 10.1. The van der Waals surface area contributed by atoms with E-state index in [1.807, 2.05) is 20.8 Å². The molecule has 0 amide bonds. The molecule has 0 saturated heterocycles. The first kappa shape index (κ1) is 11.4. The van der Waals surface area contributed by atoms with E-state index in [0.717, 1.165) is 0 Å². The molecule has 2 N–H and O–H groups in total. The van der Waals surface area contributed by atoms with Gasteiger partial charge in [0.05, 0.1) is 12.6 Å². The first-order chi connectivity index (χ1) is 6.92. The molecule has 0 aliphatic rings. The predicted octanol–water partition coefficient (Wildman–Crippen LogP) is 0.989. The van der Waals surface area contributed by atoms with Crippen molar-refractivity contribution in [2.45, 2.75) is 26.3 Å². The molecule has 0 aromatic carbocycles. The van der Waals surface area contributed by atoms with Crippen LogP contribution in [0.1, 0.15) is 26.5 Å². The molecule has 0 saturated carbocycles. The van der Waals surface area contributed by atoms with Crippen molar-refractivity contribution in [1.82, 2.24) is 10.2 Å². The van der Waals surface area contributed by atoms with Crippen molar-refractivity contribution < 1.29 is 4.74 Å². The van der Waals surface area contributed by atoms with Crippen molar-refractivity contribution in [3.05, 3.63) is 17.8 Å². The van der Waals surface area contributed by atoms with Crippen LogP contribution in [0.25, 0.3) is 0 Å². The number of nitrogens with two attached hydrogens (primary N) is 1. The Morgan fingerprint density at radius 1 is 1.33 bits per heavy atom. The average molecular weight is 208 g/mol. The highest BCUT2D eigenvalue weighted by Gasteiger charge is 2.10. The summed E-state index contributed by atoms with van der Waals surface area (Å²) < 4.78 is 4.90. The van der Waals surface area contributed by atoms with Crippen molar-refractivity contribution in [1.29, 1.82) is 0 Å². The standard InChI is InChI=1S/C10H16N4O/c1-10(2,3)12-9(11)7-5-6-8(15-4)14-13-7/h5-6H,1-4H3,(H2,11,12). The van der Waals surface area contributed by atoms with E-state index in [4.69, 9.17) is 10.5 Å². The van der Waals surface area contributed by atoms with E-state index in [1.165, 1.54) is 7.11 Å². The molecular formula is C10H16N4O. The van der Waals surface area contributed by atoms with E-state index in [9.17, 15) is 0 Å². The second-order valence-corrected chi connectivity index (χ2v) is 4.13. The Kier molecular flexibility index (Phi) is 3.24. The van der Waals surface area contributed by atoms with Crippen LogP contribution in [0.2, 0.25) is 0 Å². The summed E-state index contributed by atoms with van der Waals surface area (Å²) in [6, 6.07) is 3.43. The normalized spacial score (nSPS) is 12.7. The van der Waals surface area contributed by atoms with Crippen molar-refractivity contribution in [3.8, 4) is 5.88 Å². The van der Waals surface area contributed by atoms with Gasteiger partial charge in [0.15, 0.2) is 0 Å². The maximum Gasteiger partial charge on any atom is 0.233 e. The van der Waals surface area contributed by atoms with Crippen molar-refractivity contribution in [2.75, 3.05) is 7.11 Å². The number of hydrogen-bond acceptors (Lipinski definition) is 4. The lowest BCUT2D eigenvalue weighted by Crippen LogP contribution is -2.22. The van der Waals surface area contributed by atoms with Gasteiger partial charge in [0.2, 0.25) is 5.88 Å². The molecule has 0 radical (unpaired) electrons. The topological polar surface area (TPSA) is 73.4 Å². The van der Waals surface area contributed by atoms with E-state index < -0.39 is 0 Å². The van der Waals surface area contributed by atoms with Crippen LogP contribution in [0.4, 0.5) is 0 Å². The Morgan fingerprint density at radius 2 is 2.00 bits per heavy atom. The molecule has 0 atom stereocenters. The fourth-order valence-corrected chi connectivity index (χ4v) is 0.984. The summed E-state index contributed by atoms with van der Waals surface area (Å²) >= 11 is 0. The molecule has 15 heavy (non-hydrogen) atoms. The van der Waals surface area contributed by atoms with E-state index >= 15 is 0 Å². The second kappa shape index (κ2) is 4.25. The molecule has 1 heterocycles. The summed E-state index contributed by atoms with van der Waals surface area (Å²) in [6.07, 6.45) is 0. The van der Waals surface area contributed by atoms with Gasteiger partial charge in [0, 0.05) is 6.07 Å². The second-order valence-electron chi connectivity index (χ2n) is 4.13. The van der Waals surface area contributed by atoms with Crippen molar-refractivity contribution in [3.63, 3.8) is 0 Å². The maximum atomic E-state index is 5.78. The highest BCUT2D eigenvalue weighted by atomic mass is 16.5. The Hall–Kier alpha value is -1.65. The van der Waals surface area contributed by atoms with Crippen LogP contribution >= 0.6 is 0 Å².